The summed E-state index contributed by atoms with van der Waals surface area (Å²) in [6.07, 6.45) is 2.20. The molecule has 0 saturated carbocycles. The minimum atomic E-state index is -3.86. The number of para-hydroxylation sites is 1. The topological polar surface area (TPSA) is 85.3 Å². The minimum absolute atomic E-state index is 0.0602. The fraction of sp³-hybridized carbons (Fsp3) is 0.533. The first-order chi connectivity index (χ1) is 17.9. The Hall–Kier alpha value is -2.87. The number of aliphatic imine (C=N–C) groups is 1. The van der Waals surface area contributed by atoms with Crippen LogP contribution in [-0.4, -0.2) is 44.3 Å². The van der Waals surface area contributed by atoms with Crippen molar-refractivity contribution in [2.75, 3.05) is 19.8 Å². The molecule has 7 nitrogen and oxygen atoms in total. The highest BCUT2D eigenvalue weighted by Crippen LogP contribution is 2.39. The first-order valence-electron chi connectivity index (χ1n) is 13.5. The van der Waals surface area contributed by atoms with Crippen LogP contribution in [0, 0.1) is 0 Å². The molecule has 8 heteroatoms. The molecule has 3 rings (SSSR count). The molecule has 0 unspecified atom stereocenters. The van der Waals surface area contributed by atoms with Gasteiger partial charge in [-0.2, -0.15) is 0 Å². The van der Waals surface area contributed by atoms with E-state index in [4.69, 9.17) is 9.47 Å². The predicted octanol–water partition coefficient (Wildman–Crippen LogP) is 6.52. The maximum atomic E-state index is 13.5. The standard InChI is InChI=1S/C30H42N2O5S/c1-8-29(4,5)22-16-17-25(23(20-22)30(6,7)9-2)37-19-13-18-32-27(21-28(33)36-10-3)31-24-14-11-12-15-26(24)38(32,34)35/h11-12,14-17,20H,8-10,13,18-19,21H2,1-7H3. The van der Waals surface area contributed by atoms with Gasteiger partial charge < -0.3 is 9.47 Å². The number of esters is 1. The van der Waals surface area contributed by atoms with E-state index in [1.54, 1.807) is 25.1 Å². The Labute approximate surface area is 228 Å². The van der Waals surface area contributed by atoms with E-state index < -0.39 is 16.0 Å². The summed E-state index contributed by atoms with van der Waals surface area (Å²) in [7, 11) is -3.86. The van der Waals surface area contributed by atoms with Crippen molar-refractivity contribution in [3.63, 3.8) is 0 Å². The first kappa shape index (κ1) is 29.7. The number of hydrogen-bond acceptors (Lipinski definition) is 6. The molecule has 0 radical (unpaired) electrons. The summed E-state index contributed by atoms with van der Waals surface area (Å²) in [5.41, 5.74) is 2.75. The van der Waals surface area contributed by atoms with Crippen molar-refractivity contribution < 1.29 is 22.7 Å². The lowest BCUT2D eigenvalue weighted by Gasteiger charge is -2.31. The van der Waals surface area contributed by atoms with Crippen molar-refractivity contribution in [1.29, 1.82) is 0 Å². The second-order valence-corrected chi connectivity index (χ2v) is 12.8. The van der Waals surface area contributed by atoms with Gasteiger partial charge in [0.2, 0.25) is 0 Å². The van der Waals surface area contributed by atoms with Crippen LogP contribution in [0.5, 0.6) is 5.75 Å². The molecule has 0 N–H and O–H groups in total. The van der Waals surface area contributed by atoms with E-state index in [2.05, 4.69) is 58.7 Å². The van der Waals surface area contributed by atoms with Crippen LogP contribution in [-0.2, 0) is 30.4 Å². The summed E-state index contributed by atoms with van der Waals surface area (Å²) < 4.78 is 39.5. The van der Waals surface area contributed by atoms with E-state index in [9.17, 15) is 13.2 Å². The second-order valence-electron chi connectivity index (χ2n) is 10.9. The molecule has 208 valence electrons. The summed E-state index contributed by atoms with van der Waals surface area (Å²) >= 11 is 0. The molecule has 0 atom stereocenters. The zero-order valence-electron chi connectivity index (χ0n) is 23.8. The van der Waals surface area contributed by atoms with E-state index in [1.165, 1.54) is 15.9 Å². The lowest BCUT2D eigenvalue weighted by molar-refractivity contribution is -0.141. The van der Waals surface area contributed by atoms with Crippen molar-refractivity contribution in [2.24, 2.45) is 4.99 Å². The molecular formula is C30H42N2O5S. The molecule has 0 spiro atoms. The van der Waals surface area contributed by atoms with E-state index in [0.29, 0.717) is 18.7 Å². The number of benzene rings is 2. The number of nitrogens with zero attached hydrogens (tertiary/aromatic N) is 2. The maximum absolute atomic E-state index is 13.5. The Morgan fingerprint density at radius 3 is 2.32 bits per heavy atom. The monoisotopic (exact) mass is 542 g/mol. The highest BCUT2D eigenvalue weighted by Gasteiger charge is 2.35. The average molecular weight is 543 g/mol. The van der Waals surface area contributed by atoms with Gasteiger partial charge in [-0.05, 0) is 54.4 Å². The van der Waals surface area contributed by atoms with Crippen LogP contribution >= 0.6 is 0 Å². The third kappa shape index (κ3) is 6.40. The van der Waals surface area contributed by atoms with E-state index in [0.717, 1.165) is 24.2 Å². The van der Waals surface area contributed by atoms with Gasteiger partial charge >= 0.3 is 5.97 Å². The number of rotatable bonds is 12. The number of fused-ring (bicyclic) bond motifs is 1. The molecule has 0 amide bonds. The lowest BCUT2D eigenvalue weighted by Crippen LogP contribution is -2.41. The number of hydrogen-bond donors (Lipinski definition) is 0. The van der Waals surface area contributed by atoms with Crippen molar-refractivity contribution in [3.05, 3.63) is 53.6 Å². The first-order valence-corrected chi connectivity index (χ1v) is 14.9. The molecule has 0 saturated heterocycles. The Morgan fingerprint density at radius 2 is 1.66 bits per heavy atom. The molecule has 2 aromatic carbocycles. The number of carbonyl (C=O) groups excluding carboxylic acids is 1. The fourth-order valence-electron chi connectivity index (χ4n) is 4.33. The van der Waals surface area contributed by atoms with Gasteiger partial charge in [0.05, 0.1) is 18.9 Å². The molecule has 0 fully saturated rings. The van der Waals surface area contributed by atoms with E-state index in [1.807, 2.05) is 6.07 Å². The number of carbonyl (C=O) groups is 1. The van der Waals surface area contributed by atoms with Crippen molar-refractivity contribution in [2.45, 2.75) is 89.9 Å². The average Bonchev–Trinajstić information content (AvgIpc) is 2.88. The van der Waals surface area contributed by atoms with Gasteiger partial charge in [-0.25, -0.2) is 13.4 Å². The molecule has 0 aromatic heterocycles. The van der Waals surface area contributed by atoms with Gasteiger partial charge in [-0.1, -0.05) is 65.8 Å². The third-order valence-electron chi connectivity index (χ3n) is 7.60. The van der Waals surface area contributed by atoms with Gasteiger partial charge in [0.25, 0.3) is 10.0 Å². The van der Waals surface area contributed by atoms with Crippen LogP contribution in [0.3, 0.4) is 0 Å². The smallest absolute Gasteiger partial charge is 0.313 e. The summed E-state index contributed by atoms with van der Waals surface area (Å²) in [6.45, 7) is 15.7. The van der Waals surface area contributed by atoms with Crippen LogP contribution in [0.15, 0.2) is 52.4 Å². The molecule has 0 aliphatic carbocycles. The normalized spacial score (nSPS) is 15.0. The largest absolute Gasteiger partial charge is 0.493 e. The van der Waals surface area contributed by atoms with Gasteiger partial charge in [0, 0.05) is 18.5 Å². The fourth-order valence-corrected chi connectivity index (χ4v) is 5.95. The maximum Gasteiger partial charge on any atom is 0.313 e. The van der Waals surface area contributed by atoms with Gasteiger partial charge in [-0.15, -0.1) is 0 Å². The summed E-state index contributed by atoms with van der Waals surface area (Å²) in [4.78, 5) is 16.9. The lowest BCUT2D eigenvalue weighted by atomic mass is 9.76. The van der Waals surface area contributed by atoms with Crippen LogP contribution in [0.4, 0.5) is 5.69 Å². The zero-order valence-corrected chi connectivity index (χ0v) is 24.7. The number of ether oxygens (including phenoxy) is 2. The third-order valence-corrected chi connectivity index (χ3v) is 9.47. The van der Waals surface area contributed by atoms with Crippen LogP contribution in [0.2, 0.25) is 0 Å². The van der Waals surface area contributed by atoms with Crippen LogP contribution < -0.4 is 4.74 Å². The van der Waals surface area contributed by atoms with Gasteiger partial charge in [0.1, 0.15) is 22.9 Å². The minimum Gasteiger partial charge on any atom is -0.493 e. The summed E-state index contributed by atoms with van der Waals surface area (Å²) in [5.74, 6) is 0.476. The SMILES string of the molecule is CCOC(=O)CC1=Nc2ccccc2S(=O)(=O)N1CCCOc1ccc(C(C)(C)CC)cc1C(C)(C)CC. The molecule has 38 heavy (non-hydrogen) atoms. The summed E-state index contributed by atoms with van der Waals surface area (Å²) in [6, 6.07) is 13.0. The van der Waals surface area contributed by atoms with E-state index >= 15 is 0 Å². The van der Waals surface area contributed by atoms with Gasteiger partial charge in [0.15, 0.2) is 0 Å². The van der Waals surface area contributed by atoms with Crippen LogP contribution in [0.1, 0.15) is 85.3 Å². The van der Waals surface area contributed by atoms with Gasteiger partial charge in [-0.3, -0.25) is 9.10 Å². The zero-order chi connectivity index (χ0) is 28.1. The number of amidine groups is 1. The predicted molar refractivity (Wildman–Crippen MR) is 152 cm³/mol. The Morgan fingerprint density at radius 1 is 0.974 bits per heavy atom. The molecule has 0 bridgehead atoms. The highest BCUT2D eigenvalue weighted by atomic mass is 32.2. The molecule has 1 heterocycles. The molecule has 2 aromatic rings. The molecule has 1 aliphatic rings. The van der Waals surface area contributed by atoms with E-state index in [-0.39, 0.29) is 41.1 Å². The highest BCUT2D eigenvalue weighted by molar-refractivity contribution is 7.90. The Balaban J connectivity index is 1.81. The quantitative estimate of drug-likeness (QED) is 0.225. The molecular weight excluding hydrogens is 500 g/mol. The van der Waals surface area contributed by atoms with Crippen molar-refractivity contribution in [3.8, 4) is 5.75 Å². The van der Waals surface area contributed by atoms with Crippen LogP contribution in [0.25, 0.3) is 0 Å². The Kier molecular flexibility index (Phi) is 9.29. The van der Waals surface area contributed by atoms with Crippen molar-refractivity contribution >= 4 is 27.5 Å². The molecule has 1 aliphatic heterocycles. The number of sulfonamides is 1. The Bertz CT molecular complexity index is 1280. The second kappa shape index (κ2) is 11.9. The van der Waals surface area contributed by atoms with Crippen molar-refractivity contribution in [1.82, 2.24) is 4.31 Å². The summed E-state index contributed by atoms with van der Waals surface area (Å²) in [5, 5.41) is 0.